The van der Waals surface area contributed by atoms with E-state index in [0.29, 0.717) is 36.4 Å². The van der Waals surface area contributed by atoms with Crippen molar-refractivity contribution in [3.05, 3.63) is 29.8 Å². The third-order valence-electron chi connectivity index (χ3n) is 3.12. The van der Waals surface area contributed by atoms with Gasteiger partial charge in [0.05, 0.1) is 13.7 Å². The average Bonchev–Trinajstić information content (AvgIpc) is 2.56. The van der Waals surface area contributed by atoms with Crippen LogP contribution in [0.5, 0.6) is 5.75 Å². The maximum Gasteiger partial charge on any atom is 0.291 e. The van der Waals surface area contributed by atoms with Crippen LogP contribution in [0, 0.1) is 5.92 Å². The van der Waals surface area contributed by atoms with Crippen molar-refractivity contribution in [2.45, 2.75) is 40.0 Å². The van der Waals surface area contributed by atoms with Gasteiger partial charge < -0.3 is 9.47 Å². The monoisotopic (exact) mass is 320 g/mol. The Hall–Kier alpha value is -2.04. The van der Waals surface area contributed by atoms with Crippen LogP contribution in [0.2, 0.25) is 0 Å². The smallest absolute Gasteiger partial charge is 0.291 e. The number of benzene rings is 1. The third-order valence-corrected chi connectivity index (χ3v) is 3.12. The molecular formula is C18H28N2O3. The van der Waals surface area contributed by atoms with Crippen molar-refractivity contribution in [1.82, 2.24) is 5.32 Å². The molecule has 0 atom stereocenters. The maximum atomic E-state index is 12.3. The molecule has 1 aromatic rings. The number of unbranched alkanes of at least 4 members (excludes halogenated alkanes) is 2. The number of rotatable bonds is 8. The Labute approximate surface area is 139 Å². The van der Waals surface area contributed by atoms with Crippen molar-refractivity contribution in [3.8, 4) is 5.75 Å². The molecule has 0 unspecified atom stereocenters. The minimum absolute atomic E-state index is 0.248. The summed E-state index contributed by atoms with van der Waals surface area (Å²) in [6, 6.07) is 7.29. The summed E-state index contributed by atoms with van der Waals surface area (Å²) in [7, 11) is 1.57. The van der Waals surface area contributed by atoms with Crippen LogP contribution in [0.3, 0.4) is 0 Å². The minimum Gasteiger partial charge on any atom is -0.497 e. The summed E-state index contributed by atoms with van der Waals surface area (Å²) < 4.78 is 10.8. The summed E-state index contributed by atoms with van der Waals surface area (Å²) >= 11 is 0. The van der Waals surface area contributed by atoms with Gasteiger partial charge in [-0.05, 0) is 30.5 Å². The molecule has 0 saturated carbocycles. The number of amidine groups is 1. The summed E-state index contributed by atoms with van der Waals surface area (Å²) in [6.45, 7) is 7.42. The number of methoxy groups -OCH3 is 1. The van der Waals surface area contributed by atoms with Gasteiger partial charge in [-0.3, -0.25) is 10.1 Å². The van der Waals surface area contributed by atoms with Crippen molar-refractivity contribution in [2.24, 2.45) is 10.9 Å². The summed E-state index contributed by atoms with van der Waals surface area (Å²) in [5.41, 5.74) is 0.513. The van der Waals surface area contributed by atoms with E-state index in [2.05, 4.69) is 31.1 Å². The van der Waals surface area contributed by atoms with Gasteiger partial charge in [-0.15, -0.1) is 0 Å². The van der Waals surface area contributed by atoms with Crippen molar-refractivity contribution in [3.63, 3.8) is 0 Å². The Morgan fingerprint density at radius 2 is 2.09 bits per heavy atom. The molecule has 1 N–H and O–H groups in total. The summed E-state index contributed by atoms with van der Waals surface area (Å²) in [6.07, 6.45) is 3.23. The number of nitrogens with zero attached hydrogens (tertiary/aromatic N) is 1. The second-order valence-corrected chi connectivity index (χ2v) is 5.78. The predicted molar refractivity (Wildman–Crippen MR) is 93.1 cm³/mol. The molecule has 0 heterocycles. The fraction of sp³-hybridized carbons (Fsp3) is 0.556. The van der Waals surface area contributed by atoms with E-state index in [-0.39, 0.29) is 5.91 Å². The second-order valence-electron chi connectivity index (χ2n) is 5.78. The molecule has 0 radical (unpaired) electrons. The number of hydrogen-bond acceptors (Lipinski definition) is 4. The van der Waals surface area contributed by atoms with Crippen LogP contribution in [-0.2, 0) is 4.74 Å². The first-order valence-corrected chi connectivity index (χ1v) is 8.19. The van der Waals surface area contributed by atoms with Crippen molar-refractivity contribution < 1.29 is 14.3 Å². The first-order chi connectivity index (χ1) is 11.1. The Morgan fingerprint density at radius 3 is 2.74 bits per heavy atom. The van der Waals surface area contributed by atoms with Gasteiger partial charge >= 0.3 is 0 Å². The second kappa shape index (κ2) is 10.6. The molecule has 1 rings (SSSR count). The van der Waals surface area contributed by atoms with Crippen LogP contribution < -0.4 is 10.1 Å². The largest absolute Gasteiger partial charge is 0.497 e. The SMILES string of the molecule is CCCCCN=C(NC(=O)c1cccc(OC)c1)OCC(C)C. The molecule has 0 bridgehead atoms. The van der Waals surface area contributed by atoms with Gasteiger partial charge in [0.2, 0.25) is 0 Å². The van der Waals surface area contributed by atoms with E-state index in [4.69, 9.17) is 9.47 Å². The van der Waals surface area contributed by atoms with Crippen LogP contribution in [0.1, 0.15) is 50.4 Å². The van der Waals surface area contributed by atoms with Gasteiger partial charge in [-0.25, -0.2) is 4.99 Å². The summed E-state index contributed by atoms with van der Waals surface area (Å²) in [5.74, 6) is 0.758. The van der Waals surface area contributed by atoms with Crippen LogP contribution >= 0.6 is 0 Å². The van der Waals surface area contributed by atoms with E-state index in [1.807, 2.05) is 0 Å². The fourth-order valence-corrected chi connectivity index (χ4v) is 1.84. The number of hydrogen-bond donors (Lipinski definition) is 1. The topological polar surface area (TPSA) is 59.9 Å². The lowest BCUT2D eigenvalue weighted by atomic mass is 10.2. The standard InChI is InChI=1S/C18H28N2O3/c1-5-6-7-11-19-18(23-13-14(2)3)20-17(21)15-9-8-10-16(12-15)22-4/h8-10,12,14H,5-7,11,13H2,1-4H3,(H,19,20,21). The number of aliphatic imine (C=N–C) groups is 1. The van der Waals surface area contributed by atoms with Crippen LogP contribution in [0.25, 0.3) is 0 Å². The first-order valence-electron chi connectivity index (χ1n) is 8.19. The van der Waals surface area contributed by atoms with E-state index < -0.39 is 0 Å². The fourth-order valence-electron chi connectivity index (χ4n) is 1.84. The van der Waals surface area contributed by atoms with Crippen molar-refractivity contribution in [1.29, 1.82) is 0 Å². The lowest BCUT2D eigenvalue weighted by Gasteiger charge is -2.13. The highest BCUT2D eigenvalue weighted by Crippen LogP contribution is 2.12. The molecule has 1 amide bonds. The number of carbonyl (C=O) groups is 1. The molecule has 128 valence electrons. The predicted octanol–water partition coefficient (Wildman–Crippen LogP) is 3.64. The quantitative estimate of drug-likeness (QED) is 0.452. The molecule has 23 heavy (non-hydrogen) atoms. The van der Waals surface area contributed by atoms with E-state index >= 15 is 0 Å². The molecule has 0 spiro atoms. The van der Waals surface area contributed by atoms with Crippen molar-refractivity contribution in [2.75, 3.05) is 20.3 Å². The Bertz CT molecular complexity index is 513. The number of ether oxygens (including phenoxy) is 2. The molecule has 0 aliphatic heterocycles. The number of carbonyl (C=O) groups excluding carboxylic acids is 1. The van der Waals surface area contributed by atoms with Gasteiger partial charge in [0.1, 0.15) is 5.75 Å². The highest BCUT2D eigenvalue weighted by atomic mass is 16.5. The van der Waals surface area contributed by atoms with Gasteiger partial charge in [-0.2, -0.15) is 0 Å². The molecule has 5 nitrogen and oxygen atoms in total. The van der Waals surface area contributed by atoms with Crippen LogP contribution in [-0.4, -0.2) is 32.2 Å². The van der Waals surface area contributed by atoms with Gasteiger partial charge in [-0.1, -0.05) is 39.7 Å². The molecule has 5 heteroatoms. The minimum atomic E-state index is -0.248. The Kier molecular flexibility index (Phi) is 8.80. The molecular weight excluding hydrogens is 292 g/mol. The van der Waals surface area contributed by atoms with Crippen LogP contribution in [0.4, 0.5) is 0 Å². The molecule has 0 fully saturated rings. The summed E-state index contributed by atoms with van der Waals surface area (Å²) in [4.78, 5) is 16.7. The van der Waals surface area contributed by atoms with Crippen LogP contribution in [0.15, 0.2) is 29.3 Å². The zero-order chi connectivity index (χ0) is 17.1. The lowest BCUT2D eigenvalue weighted by molar-refractivity contribution is 0.0963. The van der Waals surface area contributed by atoms with E-state index in [1.165, 1.54) is 0 Å². The highest BCUT2D eigenvalue weighted by molar-refractivity contribution is 6.04. The zero-order valence-electron chi connectivity index (χ0n) is 14.6. The highest BCUT2D eigenvalue weighted by Gasteiger charge is 2.11. The van der Waals surface area contributed by atoms with Gasteiger partial charge in [0.15, 0.2) is 0 Å². The molecule has 1 aromatic carbocycles. The lowest BCUT2D eigenvalue weighted by Crippen LogP contribution is -2.33. The number of amides is 1. The Morgan fingerprint density at radius 1 is 1.30 bits per heavy atom. The van der Waals surface area contributed by atoms with Gasteiger partial charge in [0, 0.05) is 12.1 Å². The van der Waals surface area contributed by atoms with E-state index in [0.717, 1.165) is 19.3 Å². The van der Waals surface area contributed by atoms with Crippen molar-refractivity contribution >= 4 is 11.9 Å². The summed E-state index contributed by atoms with van der Waals surface area (Å²) in [5, 5.41) is 2.75. The molecule has 0 aliphatic carbocycles. The van der Waals surface area contributed by atoms with E-state index in [1.54, 1.807) is 31.4 Å². The Balaban J connectivity index is 2.71. The van der Waals surface area contributed by atoms with E-state index in [9.17, 15) is 4.79 Å². The first kappa shape index (κ1) is 19.0. The molecule has 0 aliphatic rings. The average molecular weight is 320 g/mol. The molecule has 0 aromatic heterocycles. The number of nitrogens with one attached hydrogen (secondary N) is 1. The van der Waals surface area contributed by atoms with Gasteiger partial charge in [0.25, 0.3) is 11.9 Å². The zero-order valence-corrected chi connectivity index (χ0v) is 14.6. The third kappa shape index (κ3) is 7.68. The maximum absolute atomic E-state index is 12.3. The normalized spacial score (nSPS) is 11.4. The molecule has 0 saturated heterocycles.